The van der Waals surface area contributed by atoms with Gasteiger partial charge >= 0.3 is 5.97 Å². The third kappa shape index (κ3) is 5.20. The van der Waals surface area contributed by atoms with Crippen molar-refractivity contribution in [2.45, 2.75) is 39.2 Å². The van der Waals surface area contributed by atoms with Crippen molar-refractivity contribution in [1.29, 1.82) is 0 Å². The van der Waals surface area contributed by atoms with Gasteiger partial charge in [0.25, 0.3) is 5.56 Å². The molecule has 3 aromatic rings. The molecule has 31 heavy (non-hydrogen) atoms. The first-order chi connectivity index (χ1) is 15.0. The van der Waals surface area contributed by atoms with E-state index in [1.165, 1.54) is 24.7 Å². The fourth-order valence-electron chi connectivity index (χ4n) is 4.28. The van der Waals surface area contributed by atoms with Crippen molar-refractivity contribution in [3.05, 3.63) is 75.3 Å². The average Bonchev–Trinajstić information content (AvgIpc) is 2.79. The van der Waals surface area contributed by atoms with Crippen molar-refractivity contribution < 1.29 is 9.53 Å². The highest BCUT2D eigenvalue weighted by atomic mass is 16.5. The largest absolute Gasteiger partial charge is 0.465 e. The second kappa shape index (κ2) is 9.43. The maximum absolute atomic E-state index is 12.5. The lowest BCUT2D eigenvalue weighted by Gasteiger charge is -2.31. The smallest absolute Gasteiger partial charge is 0.337 e. The SMILES string of the molecule is COC(=O)c1ccc2c(=O)[nH]c(CN3CCC(CCc4ccc(C)cc4)CC3)nc2c1. The van der Waals surface area contributed by atoms with E-state index >= 15 is 0 Å². The van der Waals surface area contributed by atoms with Crippen LogP contribution in [0, 0.1) is 12.8 Å². The lowest BCUT2D eigenvalue weighted by Crippen LogP contribution is -2.34. The van der Waals surface area contributed by atoms with Crippen LogP contribution in [-0.4, -0.2) is 41.0 Å². The normalized spacial score (nSPS) is 15.3. The summed E-state index contributed by atoms with van der Waals surface area (Å²) in [7, 11) is 1.34. The molecule has 0 saturated carbocycles. The lowest BCUT2D eigenvalue weighted by molar-refractivity contribution is 0.0601. The topological polar surface area (TPSA) is 75.3 Å². The number of carbonyl (C=O) groups excluding carboxylic acids is 1. The molecule has 6 nitrogen and oxygen atoms in total. The number of carbonyl (C=O) groups is 1. The molecule has 1 aromatic heterocycles. The molecular formula is C25H29N3O3. The van der Waals surface area contributed by atoms with Crippen molar-refractivity contribution in [3.8, 4) is 0 Å². The fraction of sp³-hybridized carbons (Fsp3) is 0.400. The van der Waals surface area contributed by atoms with Crippen LogP contribution in [0.5, 0.6) is 0 Å². The zero-order valence-corrected chi connectivity index (χ0v) is 18.2. The third-order valence-electron chi connectivity index (χ3n) is 6.22. The molecule has 6 heteroatoms. The highest BCUT2D eigenvalue weighted by molar-refractivity contribution is 5.93. The summed E-state index contributed by atoms with van der Waals surface area (Å²) in [5, 5.41) is 0.478. The summed E-state index contributed by atoms with van der Waals surface area (Å²) in [6.07, 6.45) is 4.68. The Hall–Kier alpha value is -2.99. The molecule has 0 radical (unpaired) electrons. The molecule has 0 aliphatic carbocycles. The monoisotopic (exact) mass is 419 g/mol. The molecule has 1 saturated heterocycles. The summed E-state index contributed by atoms with van der Waals surface area (Å²) >= 11 is 0. The van der Waals surface area contributed by atoms with Crippen LogP contribution in [0.15, 0.2) is 47.3 Å². The minimum atomic E-state index is -0.432. The van der Waals surface area contributed by atoms with E-state index in [0.717, 1.165) is 38.3 Å². The number of aromatic amines is 1. The number of nitrogens with zero attached hydrogens (tertiary/aromatic N) is 2. The molecule has 1 aliphatic heterocycles. The number of hydrogen-bond acceptors (Lipinski definition) is 5. The predicted octanol–water partition coefficient (Wildman–Crippen LogP) is 3.86. The van der Waals surface area contributed by atoms with Crippen LogP contribution < -0.4 is 5.56 Å². The Bertz CT molecular complexity index is 1110. The second-order valence-corrected chi connectivity index (χ2v) is 8.48. The third-order valence-corrected chi connectivity index (χ3v) is 6.22. The predicted molar refractivity (Wildman–Crippen MR) is 121 cm³/mol. The van der Waals surface area contributed by atoms with Crippen molar-refractivity contribution in [3.63, 3.8) is 0 Å². The highest BCUT2D eigenvalue weighted by Crippen LogP contribution is 2.23. The van der Waals surface area contributed by atoms with Crippen LogP contribution in [0.2, 0.25) is 0 Å². The van der Waals surface area contributed by atoms with E-state index in [4.69, 9.17) is 4.74 Å². The fourth-order valence-corrected chi connectivity index (χ4v) is 4.28. The van der Waals surface area contributed by atoms with Gasteiger partial charge in [-0.25, -0.2) is 9.78 Å². The van der Waals surface area contributed by atoms with Gasteiger partial charge in [0.15, 0.2) is 0 Å². The first-order valence-corrected chi connectivity index (χ1v) is 10.9. The number of rotatable bonds is 6. The van der Waals surface area contributed by atoms with Gasteiger partial charge < -0.3 is 9.72 Å². The summed E-state index contributed by atoms with van der Waals surface area (Å²) in [5.41, 5.74) is 3.46. The number of aryl methyl sites for hydroxylation is 2. The molecule has 0 spiro atoms. The van der Waals surface area contributed by atoms with Crippen molar-refractivity contribution in [2.75, 3.05) is 20.2 Å². The minimum Gasteiger partial charge on any atom is -0.465 e. The first kappa shape index (κ1) is 21.2. The molecule has 162 valence electrons. The van der Waals surface area contributed by atoms with Gasteiger partial charge in [0.05, 0.1) is 30.1 Å². The van der Waals surface area contributed by atoms with Gasteiger partial charge in [-0.3, -0.25) is 9.69 Å². The molecular weight excluding hydrogens is 390 g/mol. The molecule has 0 atom stereocenters. The Morgan fingerprint density at radius 1 is 1.16 bits per heavy atom. The summed E-state index contributed by atoms with van der Waals surface area (Å²) in [6, 6.07) is 13.7. The summed E-state index contributed by atoms with van der Waals surface area (Å²) in [5.74, 6) is 0.944. The lowest BCUT2D eigenvalue weighted by atomic mass is 9.90. The quantitative estimate of drug-likeness (QED) is 0.614. The number of likely N-dealkylation sites (tertiary alicyclic amines) is 1. The van der Waals surface area contributed by atoms with Crippen LogP contribution in [-0.2, 0) is 17.7 Å². The number of nitrogens with one attached hydrogen (secondary N) is 1. The summed E-state index contributed by atoms with van der Waals surface area (Å²) in [4.78, 5) is 34.1. The van der Waals surface area contributed by atoms with Gasteiger partial charge in [-0.1, -0.05) is 29.8 Å². The zero-order valence-electron chi connectivity index (χ0n) is 18.2. The molecule has 0 amide bonds. The highest BCUT2D eigenvalue weighted by Gasteiger charge is 2.20. The summed E-state index contributed by atoms with van der Waals surface area (Å²) in [6.45, 7) is 4.73. The maximum Gasteiger partial charge on any atom is 0.337 e. The molecule has 1 fully saturated rings. The van der Waals surface area contributed by atoms with E-state index in [2.05, 4.69) is 46.1 Å². The zero-order chi connectivity index (χ0) is 21.8. The van der Waals surface area contributed by atoms with Crippen LogP contribution >= 0.6 is 0 Å². The Morgan fingerprint density at radius 2 is 1.90 bits per heavy atom. The Morgan fingerprint density at radius 3 is 2.61 bits per heavy atom. The molecule has 0 bridgehead atoms. The van der Waals surface area contributed by atoms with Crippen LogP contribution in [0.3, 0.4) is 0 Å². The average molecular weight is 420 g/mol. The van der Waals surface area contributed by atoms with Gasteiger partial charge in [0, 0.05) is 0 Å². The van der Waals surface area contributed by atoms with Crippen LogP contribution in [0.25, 0.3) is 10.9 Å². The summed E-state index contributed by atoms with van der Waals surface area (Å²) < 4.78 is 4.77. The molecule has 2 aromatic carbocycles. The van der Waals surface area contributed by atoms with Gasteiger partial charge in [-0.2, -0.15) is 0 Å². The number of methoxy groups -OCH3 is 1. The number of aromatic nitrogens is 2. The van der Waals surface area contributed by atoms with Gasteiger partial charge in [-0.05, 0) is 75.4 Å². The number of piperidine rings is 1. The van der Waals surface area contributed by atoms with E-state index in [0.29, 0.717) is 28.8 Å². The number of H-pyrrole nitrogens is 1. The number of ether oxygens (including phenoxy) is 1. The Balaban J connectivity index is 1.36. The van der Waals surface area contributed by atoms with Gasteiger partial charge in [-0.15, -0.1) is 0 Å². The number of benzene rings is 2. The Kier molecular flexibility index (Phi) is 6.47. The Labute approximate surface area is 182 Å². The molecule has 1 N–H and O–H groups in total. The van der Waals surface area contributed by atoms with Crippen molar-refractivity contribution >= 4 is 16.9 Å². The van der Waals surface area contributed by atoms with E-state index in [-0.39, 0.29) is 5.56 Å². The van der Waals surface area contributed by atoms with E-state index < -0.39 is 5.97 Å². The number of hydrogen-bond donors (Lipinski definition) is 1. The van der Waals surface area contributed by atoms with Gasteiger partial charge in [0.1, 0.15) is 5.82 Å². The number of fused-ring (bicyclic) bond motifs is 1. The molecule has 0 unspecified atom stereocenters. The van der Waals surface area contributed by atoms with E-state index in [1.54, 1.807) is 18.2 Å². The molecule has 4 rings (SSSR count). The first-order valence-electron chi connectivity index (χ1n) is 10.9. The van der Waals surface area contributed by atoms with Gasteiger partial charge in [0.2, 0.25) is 0 Å². The van der Waals surface area contributed by atoms with Crippen LogP contribution in [0.1, 0.15) is 46.6 Å². The molecule has 1 aliphatic rings. The van der Waals surface area contributed by atoms with E-state index in [1.807, 2.05) is 0 Å². The van der Waals surface area contributed by atoms with Crippen molar-refractivity contribution in [2.24, 2.45) is 5.92 Å². The van der Waals surface area contributed by atoms with Crippen LogP contribution in [0.4, 0.5) is 0 Å². The minimum absolute atomic E-state index is 0.176. The second-order valence-electron chi connectivity index (χ2n) is 8.48. The standard InChI is InChI=1S/C25H29N3O3/c1-17-3-5-18(6-4-17)7-8-19-11-13-28(14-12-19)16-23-26-22-15-20(25(30)31-2)9-10-21(22)24(29)27-23/h3-6,9-10,15,19H,7-8,11-14,16H2,1-2H3,(H,26,27,29). The molecule has 2 heterocycles. The maximum atomic E-state index is 12.5. The number of esters is 1. The van der Waals surface area contributed by atoms with Crippen molar-refractivity contribution in [1.82, 2.24) is 14.9 Å². The van der Waals surface area contributed by atoms with E-state index in [9.17, 15) is 9.59 Å².